The number of ketones is 1. The molecule has 0 saturated heterocycles. The smallest absolute Gasteiger partial charge is 0.306 e. The molecule has 0 radical (unpaired) electrons. The monoisotopic (exact) mass is 472 g/mol. The van der Waals surface area contributed by atoms with Gasteiger partial charge in [0, 0.05) is 6.42 Å². The summed E-state index contributed by atoms with van der Waals surface area (Å²) < 4.78 is 33.7. The van der Waals surface area contributed by atoms with E-state index >= 15 is 0 Å². The van der Waals surface area contributed by atoms with Gasteiger partial charge in [0.1, 0.15) is 11.6 Å². The third-order valence-electron chi connectivity index (χ3n) is 4.91. The fraction of sp³-hybridized carbons (Fsp3) is 0.174. The zero-order chi connectivity index (χ0) is 23.7. The summed E-state index contributed by atoms with van der Waals surface area (Å²) in [7, 11) is 0. The molecule has 0 unspecified atom stereocenters. The number of Topliss-reactive ketones (excluding diaryl/α,β-unsaturated/α-hetero) is 1. The summed E-state index contributed by atoms with van der Waals surface area (Å²) in [6.45, 7) is 1.80. The van der Waals surface area contributed by atoms with Crippen LogP contribution >= 0.6 is 11.3 Å². The Bertz CT molecular complexity index is 1360. The lowest BCUT2D eigenvalue weighted by molar-refractivity contribution is -0.143. The van der Waals surface area contributed by atoms with Crippen molar-refractivity contribution in [1.82, 2.24) is 9.55 Å². The van der Waals surface area contributed by atoms with E-state index < -0.39 is 35.0 Å². The van der Waals surface area contributed by atoms with Crippen LogP contribution in [0.25, 0.3) is 26.6 Å². The Labute approximate surface area is 190 Å². The van der Waals surface area contributed by atoms with Crippen LogP contribution in [-0.4, -0.2) is 38.1 Å². The minimum atomic E-state index is -0.700. The lowest BCUT2D eigenvalue weighted by Gasteiger charge is -2.09. The van der Waals surface area contributed by atoms with Crippen molar-refractivity contribution in [3.63, 3.8) is 0 Å². The average molecular weight is 472 g/mol. The van der Waals surface area contributed by atoms with E-state index in [1.54, 1.807) is 6.92 Å². The summed E-state index contributed by atoms with van der Waals surface area (Å²) in [6, 6.07) is 9.09. The van der Waals surface area contributed by atoms with Gasteiger partial charge in [-0.15, -0.1) is 0 Å². The number of aromatic nitrogens is 2. The SMILES string of the molecule is CCOC(=O)CCC(=O)c1c(O)c(O)n(-c2nc3ccc(F)cc3s2)c1-c1ccc(F)cc1. The highest BCUT2D eigenvalue weighted by molar-refractivity contribution is 7.20. The Balaban J connectivity index is 1.88. The Morgan fingerprint density at radius 2 is 1.76 bits per heavy atom. The maximum atomic E-state index is 13.7. The van der Waals surface area contributed by atoms with Gasteiger partial charge < -0.3 is 14.9 Å². The molecule has 0 spiro atoms. The molecule has 2 aromatic heterocycles. The zero-order valence-corrected chi connectivity index (χ0v) is 18.2. The standard InChI is InChI=1S/C23H18F2N2O5S/c1-2-32-18(29)10-9-16(28)19-20(12-3-5-13(24)6-4-12)27(22(31)21(19)30)23-26-15-8-7-14(25)11-17(15)33-23/h3-8,11,30-31H,2,9-10H2,1H3. The van der Waals surface area contributed by atoms with Crippen molar-refractivity contribution in [2.75, 3.05) is 6.61 Å². The van der Waals surface area contributed by atoms with Crippen molar-refractivity contribution in [3.8, 4) is 28.0 Å². The van der Waals surface area contributed by atoms with Crippen LogP contribution in [0.1, 0.15) is 30.1 Å². The summed E-state index contributed by atoms with van der Waals surface area (Å²) in [5.41, 5.74) is 0.591. The number of esters is 1. The number of aromatic hydroxyl groups is 2. The van der Waals surface area contributed by atoms with Crippen LogP contribution in [0.2, 0.25) is 0 Å². The molecule has 0 aliphatic rings. The highest BCUT2D eigenvalue weighted by Gasteiger charge is 2.30. The lowest BCUT2D eigenvalue weighted by Crippen LogP contribution is -2.09. The van der Waals surface area contributed by atoms with E-state index in [4.69, 9.17) is 4.74 Å². The second-order valence-corrected chi connectivity index (χ2v) is 8.08. The summed E-state index contributed by atoms with van der Waals surface area (Å²) in [5, 5.41) is 21.6. The third-order valence-corrected chi connectivity index (χ3v) is 5.91. The molecule has 2 aromatic carbocycles. The van der Waals surface area contributed by atoms with E-state index in [0.29, 0.717) is 15.8 Å². The number of hydrogen-bond acceptors (Lipinski definition) is 7. The van der Waals surface area contributed by atoms with Crippen molar-refractivity contribution >= 4 is 33.3 Å². The van der Waals surface area contributed by atoms with Gasteiger partial charge in [-0.2, -0.15) is 0 Å². The third kappa shape index (κ3) is 4.29. The molecule has 170 valence electrons. The predicted octanol–water partition coefficient (Wildman–Crippen LogP) is 4.97. The first kappa shape index (κ1) is 22.4. The largest absolute Gasteiger partial charge is 0.503 e. The number of thiazole rings is 1. The molecule has 0 saturated carbocycles. The maximum Gasteiger partial charge on any atom is 0.306 e. The topological polar surface area (TPSA) is 102 Å². The summed E-state index contributed by atoms with van der Waals surface area (Å²) >= 11 is 1.03. The maximum absolute atomic E-state index is 13.7. The fourth-order valence-corrected chi connectivity index (χ4v) is 4.43. The van der Waals surface area contributed by atoms with Gasteiger partial charge in [-0.1, -0.05) is 11.3 Å². The van der Waals surface area contributed by atoms with E-state index in [-0.39, 0.29) is 35.8 Å². The molecule has 2 heterocycles. The summed E-state index contributed by atoms with van der Waals surface area (Å²) in [6.07, 6.45) is -0.504. The highest BCUT2D eigenvalue weighted by Crippen LogP contribution is 2.45. The molecule has 4 aromatic rings. The van der Waals surface area contributed by atoms with Crippen LogP contribution in [-0.2, 0) is 9.53 Å². The van der Waals surface area contributed by atoms with Crippen molar-refractivity contribution < 1.29 is 33.3 Å². The Morgan fingerprint density at radius 3 is 2.45 bits per heavy atom. The molecule has 0 aliphatic heterocycles. The summed E-state index contributed by atoms with van der Waals surface area (Å²) in [4.78, 5) is 29.1. The number of carbonyl (C=O) groups is 2. The number of ether oxygens (including phenoxy) is 1. The molecule has 7 nitrogen and oxygen atoms in total. The van der Waals surface area contributed by atoms with Gasteiger partial charge in [0.25, 0.3) is 0 Å². The first-order chi connectivity index (χ1) is 15.8. The quantitative estimate of drug-likeness (QED) is 0.291. The number of benzene rings is 2. The van der Waals surface area contributed by atoms with E-state index in [1.165, 1.54) is 42.5 Å². The number of halogens is 2. The van der Waals surface area contributed by atoms with Crippen LogP contribution in [0.15, 0.2) is 42.5 Å². The Kier molecular flexibility index (Phi) is 6.10. The van der Waals surface area contributed by atoms with Crippen LogP contribution in [0.4, 0.5) is 8.78 Å². The fourth-order valence-electron chi connectivity index (χ4n) is 3.43. The van der Waals surface area contributed by atoms with Gasteiger partial charge >= 0.3 is 5.97 Å². The molecule has 10 heteroatoms. The van der Waals surface area contributed by atoms with Gasteiger partial charge in [-0.05, 0) is 55.0 Å². The van der Waals surface area contributed by atoms with Crippen LogP contribution in [0, 0.1) is 11.6 Å². The number of carbonyl (C=O) groups excluding carboxylic acids is 2. The molecular formula is C23H18F2N2O5S. The normalized spacial score (nSPS) is 11.1. The molecule has 0 aliphatic carbocycles. The van der Waals surface area contributed by atoms with Crippen molar-refractivity contribution in [2.45, 2.75) is 19.8 Å². The van der Waals surface area contributed by atoms with Gasteiger partial charge in [0.15, 0.2) is 16.7 Å². The van der Waals surface area contributed by atoms with Crippen molar-refractivity contribution in [1.29, 1.82) is 0 Å². The van der Waals surface area contributed by atoms with Gasteiger partial charge in [-0.3, -0.25) is 14.2 Å². The molecule has 0 amide bonds. The van der Waals surface area contributed by atoms with E-state index in [2.05, 4.69) is 4.98 Å². The predicted molar refractivity (Wildman–Crippen MR) is 118 cm³/mol. The second-order valence-electron chi connectivity index (χ2n) is 7.07. The van der Waals surface area contributed by atoms with Crippen LogP contribution in [0.5, 0.6) is 11.6 Å². The van der Waals surface area contributed by atoms with Crippen molar-refractivity contribution in [2.24, 2.45) is 0 Å². The molecule has 33 heavy (non-hydrogen) atoms. The van der Waals surface area contributed by atoms with E-state index in [9.17, 15) is 28.6 Å². The molecule has 0 fully saturated rings. The molecule has 4 rings (SSSR count). The van der Waals surface area contributed by atoms with Gasteiger partial charge in [0.2, 0.25) is 5.88 Å². The average Bonchev–Trinajstić information content (AvgIpc) is 3.31. The lowest BCUT2D eigenvalue weighted by atomic mass is 10.0. The second kappa shape index (κ2) is 8.99. The molecule has 2 N–H and O–H groups in total. The zero-order valence-electron chi connectivity index (χ0n) is 17.3. The number of nitrogens with zero attached hydrogens (tertiary/aromatic N) is 2. The number of hydrogen-bond donors (Lipinski definition) is 2. The Hall–Kier alpha value is -3.79. The van der Waals surface area contributed by atoms with Crippen molar-refractivity contribution in [3.05, 3.63) is 59.7 Å². The van der Waals surface area contributed by atoms with E-state index in [0.717, 1.165) is 15.9 Å². The van der Waals surface area contributed by atoms with Gasteiger partial charge in [-0.25, -0.2) is 13.8 Å². The molecular weight excluding hydrogens is 454 g/mol. The number of fused-ring (bicyclic) bond motifs is 1. The summed E-state index contributed by atoms with van der Waals surface area (Å²) in [5.74, 6) is -3.55. The van der Waals surface area contributed by atoms with Crippen LogP contribution in [0.3, 0.4) is 0 Å². The first-order valence-electron chi connectivity index (χ1n) is 9.98. The highest BCUT2D eigenvalue weighted by atomic mass is 32.1. The number of rotatable bonds is 7. The minimum absolute atomic E-state index is 0.0680. The van der Waals surface area contributed by atoms with Crippen LogP contribution < -0.4 is 0 Å². The van der Waals surface area contributed by atoms with Gasteiger partial charge in [0.05, 0.1) is 34.5 Å². The first-order valence-corrected chi connectivity index (χ1v) is 10.8. The molecule has 0 atom stereocenters. The minimum Gasteiger partial charge on any atom is -0.503 e. The van der Waals surface area contributed by atoms with E-state index in [1.807, 2.05) is 0 Å². The molecule has 0 bridgehead atoms. The Morgan fingerprint density at radius 1 is 1.06 bits per heavy atom.